The molecule has 3 rings (SSSR count). The van der Waals surface area contributed by atoms with Gasteiger partial charge in [0.1, 0.15) is 5.67 Å². The van der Waals surface area contributed by atoms with Crippen LogP contribution >= 0.6 is 0 Å². The maximum absolute atomic E-state index is 13.4. The number of likely N-dealkylation sites (tertiary alicyclic amines) is 1. The molecule has 3 nitrogen and oxygen atoms in total. The number of hydrogen-bond donors (Lipinski definition) is 2. The van der Waals surface area contributed by atoms with E-state index in [0.717, 1.165) is 29.8 Å². The largest absolute Gasteiger partial charge is 0.405 e. The van der Waals surface area contributed by atoms with Crippen LogP contribution < -0.4 is 11.1 Å². The molecule has 0 atom stereocenters. The summed E-state index contributed by atoms with van der Waals surface area (Å²) in [5.41, 5.74) is 10.7. The third-order valence-corrected chi connectivity index (χ3v) is 7.06. The number of alkyl halides is 1. The number of allylic oxidation sites excluding steroid dienone is 7. The lowest BCUT2D eigenvalue weighted by Crippen LogP contribution is -2.32. The van der Waals surface area contributed by atoms with E-state index >= 15 is 0 Å². The maximum atomic E-state index is 13.4. The molecule has 4 heteroatoms. The summed E-state index contributed by atoms with van der Waals surface area (Å²) in [6.07, 6.45) is 20.7. The molecule has 0 bridgehead atoms. The number of hydrogen-bond acceptors (Lipinski definition) is 3. The molecule has 2 aliphatic rings. The molecule has 0 radical (unpaired) electrons. The molecule has 1 heterocycles. The van der Waals surface area contributed by atoms with Crippen LogP contribution in [0, 0.1) is 0 Å². The lowest BCUT2D eigenvalue weighted by Gasteiger charge is -2.26. The highest BCUT2D eigenvalue weighted by Gasteiger charge is 2.15. The standard InChI is InChI=1S/C15H21F.C13H24N2.C8H12.C2H5N/c1-5-12(2)10-13-6-8-14(9-7-13)11-15(3,4)16;1-12(2)13(3)14-8-7-11-15-9-5-4-6-10-15;1-2-8-6-4-3-5-7-8;1-2-3/h5-9H,10-11H2,1-4H3;14H,1,3-11H2,2H3;4,6-7H,2-3,5H2,1H3;2H,1,3H2/b12-5+;;;. The summed E-state index contributed by atoms with van der Waals surface area (Å²) >= 11 is 0. The summed E-state index contributed by atoms with van der Waals surface area (Å²) < 4.78 is 13.4. The molecule has 1 fully saturated rings. The van der Waals surface area contributed by atoms with E-state index in [-0.39, 0.29) is 0 Å². The van der Waals surface area contributed by atoms with Crippen LogP contribution in [-0.4, -0.2) is 36.7 Å². The van der Waals surface area contributed by atoms with Gasteiger partial charge in [-0.05, 0) is 122 Å². The minimum absolute atomic E-state index is 0.482. The van der Waals surface area contributed by atoms with E-state index in [9.17, 15) is 4.39 Å². The molecule has 0 unspecified atom stereocenters. The second-order valence-corrected chi connectivity index (χ2v) is 11.8. The highest BCUT2D eigenvalue weighted by atomic mass is 19.1. The molecule has 42 heavy (non-hydrogen) atoms. The molecule has 0 spiro atoms. The van der Waals surface area contributed by atoms with Gasteiger partial charge in [0.15, 0.2) is 0 Å². The topological polar surface area (TPSA) is 41.3 Å². The van der Waals surface area contributed by atoms with Crippen molar-refractivity contribution >= 4 is 0 Å². The number of nitrogens with one attached hydrogen (secondary N) is 1. The summed E-state index contributed by atoms with van der Waals surface area (Å²) in [5, 5.41) is 3.30. The molecule has 0 saturated carbocycles. The number of nitrogens with two attached hydrogens (primary N) is 1. The average Bonchev–Trinajstić information content (AvgIpc) is 2.97. The second-order valence-electron chi connectivity index (χ2n) is 11.8. The van der Waals surface area contributed by atoms with E-state index in [1.165, 1.54) is 87.5 Å². The zero-order chi connectivity index (χ0) is 31.8. The van der Waals surface area contributed by atoms with Crippen molar-refractivity contribution in [2.24, 2.45) is 5.73 Å². The number of benzene rings is 1. The maximum Gasteiger partial charge on any atom is 0.109 e. The fourth-order valence-electron chi connectivity index (χ4n) is 4.49. The summed E-state index contributed by atoms with van der Waals surface area (Å²) in [6, 6.07) is 8.24. The van der Waals surface area contributed by atoms with Crippen molar-refractivity contribution in [2.45, 2.75) is 105 Å². The van der Waals surface area contributed by atoms with Crippen LogP contribution in [0.1, 0.15) is 97.6 Å². The highest BCUT2D eigenvalue weighted by Crippen LogP contribution is 2.18. The Kier molecular flexibility index (Phi) is 22.1. The van der Waals surface area contributed by atoms with Crippen molar-refractivity contribution in [3.8, 4) is 0 Å². The average molecular weight is 580 g/mol. The minimum Gasteiger partial charge on any atom is -0.405 e. The van der Waals surface area contributed by atoms with Crippen LogP contribution in [0.5, 0.6) is 0 Å². The van der Waals surface area contributed by atoms with Crippen molar-refractivity contribution in [2.75, 3.05) is 26.2 Å². The molecule has 236 valence electrons. The van der Waals surface area contributed by atoms with E-state index < -0.39 is 5.67 Å². The summed E-state index contributed by atoms with van der Waals surface area (Å²) in [4.78, 5) is 2.56. The smallest absolute Gasteiger partial charge is 0.109 e. The SMILES string of the molecule is C/C=C(\C)Cc1ccc(CC(C)(C)F)cc1.C=C(C)C(=C)NCCCN1CCCCC1.C=CN.CCC1=CCCC=C1. The Morgan fingerprint density at radius 1 is 1.05 bits per heavy atom. The Hall–Kier alpha value is -2.85. The third kappa shape index (κ3) is 21.8. The lowest BCUT2D eigenvalue weighted by molar-refractivity contribution is 0.217. The van der Waals surface area contributed by atoms with E-state index in [4.69, 9.17) is 0 Å². The Morgan fingerprint density at radius 3 is 2.10 bits per heavy atom. The first-order valence-corrected chi connectivity index (χ1v) is 15.8. The quantitative estimate of drug-likeness (QED) is 0.156. The molecule has 1 aliphatic heterocycles. The predicted molar refractivity (Wildman–Crippen MR) is 186 cm³/mol. The van der Waals surface area contributed by atoms with Crippen molar-refractivity contribution in [3.63, 3.8) is 0 Å². The van der Waals surface area contributed by atoms with Gasteiger partial charge in [-0.3, -0.25) is 0 Å². The number of piperidine rings is 1. The Bertz CT molecular complexity index is 971. The number of rotatable bonds is 11. The van der Waals surface area contributed by atoms with Gasteiger partial charge in [-0.25, -0.2) is 4.39 Å². The van der Waals surface area contributed by atoms with Crippen molar-refractivity contribution in [3.05, 3.63) is 108 Å². The number of nitrogens with zero attached hydrogens (tertiary/aromatic N) is 1. The molecule has 3 N–H and O–H groups in total. The highest BCUT2D eigenvalue weighted by molar-refractivity contribution is 5.26. The Morgan fingerprint density at radius 2 is 1.64 bits per heavy atom. The van der Waals surface area contributed by atoms with Gasteiger partial charge in [0, 0.05) is 18.7 Å². The second kappa shape index (κ2) is 23.7. The van der Waals surface area contributed by atoms with Gasteiger partial charge < -0.3 is 16.0 Å². The fraction of sp³-hybridized carbons (Fsp3) is 0.526. The molecule has 1 aromatic carbocycles. The van der Waals surface area contributed by atoms with Crippen LogP contribution in [0.4, 0.5) is 4.39 Å². The number of halogens is 1. The van der Waals surface area contributed by atoms with Crippen LogP contribution in [0.25, 0.3) is 0 Å². The van der Waals surface area contributed by atoms with Crippen molar-refractivity contribution < 1.29 is 4.39 Å². The third-order valence-electron chi connectivity index (χ3n) is 7.06. The zero-order valence-electron chi connectivity index (χ0n) is 27.9. The Labute approximate surface area is 259 Å². The van der Waals surface area contributed by atoms with Crippen molar-refractivity contribution in [1.29, 1.82) is 0 Å². The van der Waals surface area contributed by atoms with E-state index in [1.54, 1.807) is 13.8 Å². The van der Waals surface area contributed by atoms with Gasteiger partial charge in [0.05, 0.1) is 0 Å². The van der Waals surface area contributed by atoms with Gasteiger partial charge in [-0.2, -0.15) is 0 Å². The predicted octanol–water partition coefficient (Wildman–Crippen LogP) is 9.79. The van der Waals surface area contributed by atoms with Crippen LogP contribution in [0.2, 0.25) is 0 Å². The van der Waals surface area contributed by atoms with Crippen molar-refractivity contribution in [1.82, 2.24) is 10.2 Å². The molecule has 1 saturated heterocycles. The Balaban J connectivity index is 0.000000598. The van der Waals surface area contributed by atoms with E-state index in [0.29, 0.717) is 6.42 Å². The van der Waals surface area contributed by atoms with Crippen LogP contribution in [-0.2, 0) is 12.8 Å². The normalized spacial score (nSPS) is 14.9. The van der Waals surface area contributed by atoms with Gasteiger partial charge in [0.25, 0.3) is 0 Å². The summed E-state index contributed by atoms with van der Waals surface area (Å²) in [6.45, 7) is 27.3. The first-order valence-electron chi connectivity index (χ1n) is 15.8. The van der Waals surface area contributed by atoms with Crippen LogP contribution in [0.3, 0.4) is 0 Å². The first kappa shape index (κ1) is 39.1. The summed E-state index contributed by atoms with van der Waals surface area (Å²) in [5.74, 6) is 0. The molecule has 0 amide bonds. The first-order chi connectivity index (χ1) is 19.9. The minimum atomic E-state index is -1.12. The van der Waals surface area contributed by atoms with Gasteiger partial charge in [-0.1, -0.05) is 92.8 Å². The molecular weight excluding hydrogens is 517 g/mol. The van der Waals surface area contributed by atoms with E-state index in [1.807, 2.05) is 19.1 Å². The van der Waals surface area contributed by atoms with Gasteiger partial charge in [0.2, 0.25) is 0 Å². The van der Waals surface area contributed by atoms with E-state index in [2.05, 4.69) is 92.9 Å². The molecule has 1 aliphatic carbocycles. The summed E-state index contributed by atoms with van der Waals surface area (Å²) in [7, 11) is 0. The molecular formula is C38H62FN3. The molecule has 1 aromatic rings. The van der Waals surface area contributed by atoms with Crippen LogP contribution in [0.15, 0.2) is 96.9 Å². The zero-order valence-corrected chi connectivity index (χ0v) is 27.9. The fourth-order valence-corrected chi connectivity index (χ4v) is 4.49. The van der Waals surface area contributed by atoms with Gasteiger partial charge in [-0.15, -0.1) is 0 Å². The molecule has 0 aromatic heterocycles. The van der Waals surface area contributed by atoms with Gasteiger partial charge >= 0.3 is 0 Å². The monoisotopic (exact) mass is 579 g/mol. The lowest BCUT2D eigenvalue weighted by atomic mass is 9.98.